The lowest BCUT2D eigenvalue weighted by molar-refractivity contribution is -0.143. The second-order valence-corrected chi connectivity index (χ2v) is 5.35. The zero-order valence-electron chi connectivity index (χ0n) is 11.2. The van der Waals surface area contributed by atoms with Crippen LogP contribution >= 0.6 is 0 Å². The number of halogens is 1. The summed E-state index contributed by atoms with van der Waals surface area (Å²) in [6.07, 6.45) is -0.429. The highest BCUT2D eigenvalue weighted by atomic mass is 19.1. The number of hydrogen-bond donors (Lipinski definition) is 1. The van der Waals surface area contributed by atoms with Gasteiger partial charge in [-0.15, -0.1) is 0 Å². The average molecular weight is 266 g/mol. The van der Waals surface area contributed by atoms with E-state index < -0.39 is 11.6 Å². The quantitative estimate of drug-likeness (QED) is 0.881. The van der Waals surface area contributed by atoms with E-state index in [0.29, 0.717) is 25.3 Å². The van der Waals surface area contributed by atoms with Gasteiger partial charge >= 0.3 is 0 Å². The maximum atomic E-state index is 13.7. The molecule has 0 bridgehead atoms. The van der Waals surface area contributed by atoms with Crippen LogP contribution in [0.15, 0.2) is 24.3 Å². The lowest BCUT2D eigenvalue weighted by Gasteiger charge is -2.36. The summed E-state index contributed by atoms with van der Waals surface area (Å²) in [7, 11) is 0. The van der Waals surface area contributed by atoms with E-state index in [2.05, 4.69) is 0 Å². The predicted molar refractivity (Wildman–Crippen MR) is 69.9 cm³/mol. The Morgan fingerprint density at radius 3 is 2.79 bits per heavy atom. The van der Waals surface area contributed by atoms with Crippen molar-refractivity contribution < 1.29 is 13.9 Å². The topological polar surface area (TPSA) is 55.6 Å². The number of nitrogens with two attached hydrogens (primary N) is 1. The molecule has 0 radical (unpaired) electrons. The Balaban J connectivity index is 2.14. The standard InChI is InChI=1S/C14H19FN2O2/c1-14(2,16)13(18)17-7-8-19-12(9-17)10-5-3-4-6-11(10)15/h3-6,12H,7-9,16H2,1-2H3. The SMILES string of the molecule is CC(C)(N)C(=O)N1CCOC(c2ccccc2F)C1. The van der Waals surface area contributed by atoms with Crippen LogP contribution in [0.4, 0.5) is 4.39 Å². The van der Waals surface area contributed by atoms with Crippen molar-refractivity contribution in [1.82, 2.24) is 4.90 Å². The second-order valence-electron chi connectivity index (χ2n) is 5.35. The largest absolute Gasteiger partial charge is 0.370 e. The van der Waals surface area contributed by atoms with Crippen molar-refractivity contribution in [2.24, 2.45) is 5.73 Å². The first-order chi connectivity index (χ1) is 8.89. The Labute approximate surface area is 112 Å². The maximum Gasteiger partial charge on any atom is 0.242 e. The third-order valence-corrected chi connectivity index (χ3v) is 3.16. The van der Waals surface area contributed by atoms with Gasteiger partial charge in [-0.1, -0.05) is 18.2 Å². The van der Waals surface area contributed by atoms with E-state index in [9.17, 15) is 9.18 Å². The minimum atomic E-state index is -0.920. The average Bonchev–Trinajstić information content (AvgIpc) is 2.37. The van der Waals surface area contributed by atoms with Crippen LogP contribution in [0.25, 0.3) is 0 Å². The molecule has 0 aliphatic carbocycles. The van der Waals surface area contributed by atoms with Gasteiger partial charge < -0.3 is 15.4 Å². The lowest BCUT2D eigenvalue weighted by atomic mass is 10.0. The fourth-order valence-corrected chi connectivity index (χ4v) is 2.17. The van der Waals surface area contributed by atoms with E-state index in [1.165, 1.54) is 6.07 Å². The second kappa shape index (κ2) is 5.27. The minimum absolute atomic E-state index is 0.142. The number of carbonyl (C=O) groups excluding carboxylic acids is 1. The lowest BCUT2D eigenvalue weighted by Crippen LogP contribution is -2.54. The van der Waals surface area contributed by atoms with Crippen LogP contribution in [0.1, 0.15) is 25.5 Å². The van der Waals surface area contributed by atoms with Gasteiger partial charge in [0.25, 0.3) is 0 Å². The Kier molecular flexibility index (Phi) is 3.87. The van der Waals surface area contributed by atoms with E-state index in [4.69, 9.17) is 10.5 Å². The molecule has 2 N–H and O–H groups in total. The minimum Gasteiger partial charge on any atom is -0.370 e. The molecular weight excluding hydrogens is 247 g/mol. The number of rotatable bonds is 2. The molecule has 4 nitrogen and oxygen atoms in total. The summed E-state index contributed by atoms with van der Waals surface area (Å²) in [6, 6.07) is 6.47. The van der Waals surface area contributed by atoms with Gasteiger partial charge in [-0.25, -0.2) is 4.39 Å². The van der Waals surface area contributed by atoms with E-state index in [0.717, 1.165) is 0 Å². The Morgan fingerprint density at radius 1 is 1.47 bits per heavy atom. The summed E-state index contributed by atoms with van der Waals surface area (Å²) in [5.41, 5.74) is 5.38. The summed E-state index contributed by atoms with van der Waals surface area (Å²) in [5.74, 6) is -0.453. The molecule has 1 aromatic rings. The molecule has 1 aliphatic rings. The van der Waals surface area contributed by atoms with Gasteiger partial charge in [-0.05, 0) is 19.9 Å². The molecule has 0 aromatic heterocycles. The number of hydrogen-bond acceptors (Lipinski definition) is 3. The molecule has 1 amide bonds. The van der Waals surface area contributed by atoms with E-state index in [1.54, 1.807) is 36.9 Å². The molecule has 5 heteroatoms. The van der Waals surface area contributed by atoms with Crippen molar-refractivity contribution in [2.75, 3.05) is 19.7 Å². The van der Waals surface area contributed by atoms with Gasteiger partial charge in [0.15, 0.2) is 0 Å². The smallest absolute Gasteiger partial charge is 0.242 e. The van der Waals surface area contributed by atoms with Gasteiger partial charge in [-0.3, -0.25) is 4.79 Å². The van der Waals surface area contributed by atoms with Gasteiger partial charge in [0.1, 0.15) is 11.9 Å². The first-order valence-electron chi connectivity index (χ1n) is 6.34. The molecule has 2 rings (SSSR count). The van der Waals surface area contributed by atoms with Crippen LogP contribution < -0.4 is 5.73 Å². The van der Waals surface area contributed by atoms with E-state index >= 15 is 0 Å². The third-order valence-electron chi connectivity index (χ3n) is 3.16. The van der Waals surface area contributed by atoms with Crippen molar-refractivity contribution in [3.8, 4) is 0 Å². The van der Waals surface area contributed by atoms with Crippen molar-refractivity contribution in [2.45, 2.75) is 25.5 Å². The van der Waals surface area contributed by atoms with Crippen molar-refractivity contribution in [3.05, 3.63) is 35.6 Å². The summed E-state index contributed by atoms with van der Waals surface area (Å²) in [6.45, 7) is 4.55. The Bertz CT molecular complexity index is 471. The highest BCUT2D eigenvalue weighted by Gasteiger charge is 2.33. The highest BCUT2D eigenvalue weighted by molar-refractivity contribution is 5.85. The fourth-order valence-electron chi connectivity index (χ4n) is 2.17. The fraction of sp³-hybridized carbons (Fsp3) is 0.500. The van der Waals surface area contributed by atoms with Crippen LogP contribution in [0.5, 0.6) is 0 Å². The van der Waals surface area contributed by atoms with Gasteiger partial charge in [-0.2, -0.15) is 0 Å². The van der Waals surface area contributed by atoms with E-state index in [-0.39, 0.29) is 11.7 Å². The van der Waals surface area contributed by atoms with Crippen LogP contribution in [-0.4, -0.2) is 36.0 Å². The van der Waals surface area contributed by atoms with Crippen LogP contribution in [0.3, 0.4) is 0 Å². The summed E-state index contributed by atoms with van der Waals surface area (Å²) in [5, 5.41) is 0. The first kappa shape index (κ1) is 14.0. The normalized spacial score (nSPS) is 20.4. The summed E-state index contributed by atoms with van der Waals surface area (Å²) >= 11 is 0. The summed E-state index contributed by atoms with van der Waals surface area (Å²) < 4.78 is 19.3. The predicted octanol–water partition coefficient (Wildman–Crippen LogP) is 1.46. The zero-order chi connectivity index (χ0) is 14.0. The van der Waals surface area contributed by atoms with Crippen molar-refractivity contribution in [3.63, 3.8) is 0 Å². The monoisotopic (exact) mass is 266 g/mol. The van der Waals surface area contributed by atoms with Crippen molar-refractivity contribution >= 4 is 5.91 Å². The highest BCUT2D eigenvalue weighted by Crippen LogP contribution is 2.25. The zero-order valence-corrected chi connectivity index (χ0v) is 11.2. The van der Waals surface area contributed by atoms with Gasteiger partial charge in [0.05, 0.1) is 18.7 Å². The maximum absolute atomic E-state index is 13.7. The Hall–Kier alpha value is -1.46. The number of amides is 1. The molecule has 1 saturated heterocycles. The molecule has 1 heterocycles. The van der Waals surface area contributed by atoms with E-state index in [1.807, 2.05) is 0 Å². The molecule has 1 fully saturated rings. The molecule has 0 saturated carbocycles. The van der Waals surface area contributed by atoms with Crippen LogP contribution in [-0.2, 0) is 9.53 Å². The molecule has 19 heavy (non-hydrogen) atoms. The van der Waals surface area contributed by atoms with Gasteiger partial charge in [0, 0.05) is 12.1 Å². The molecule has 1 aromatic carbocycles. The third kappa shape index (κ3) is 3.11. The molecule has 1 unspecified atom stereocenters. The molecular formula is C14H19FN2O2. The number of carbonyl (C=O) groups is 1. The molecule has 104 valence electrons. The number of nitrogens with zero attached hydrogens (tertiary/aromatic N) is 1. The summed E-state index contributed by atoms with van der Waals surface area (Å²) in [4.78, 5) is 13.8. The number of benzene rings is 1. The van der Waals surface area contributed by atoms with Gasteiger partial charge in [0.2, 0.25) is 5.91 Å². The molecule has 0 spiro atoms. The van der Waals surface area contributed by atoms with Crippen LogP contribution in [0.2, 0.25) is 0 Å². The Morgan fingerprint density at radius 2 is 2.16 bits per heavy atom. The first-order valence-corrected chi connectivity index (χ1v) is 6.34. The van der Waals surface area contributed by atoms with Crippen molar-refractivity contribution in [1.29, 1.82) is 0 Å². The number of morpholine rings is 1. The van der Waals surface area contributed by atoms with Crippen LogP contribution in [0, 0.1) is 5.82 Å². The number of ether oxygens (including phenoxy) is 1. The molecule has 1 aliphatic heterocycles. The molecule has 1 atom stereocenters.